The molecule has 28 heavy (non-hydrogen) atoms. The average molecular weight is 411 g/mol. The smallest absolute Gasteiger partial charge is 0.232 e. The van der Waals surface area contributed by atoms with Crippen LogP contribution in [0.1, 0.15) is 32.4 Å². The van der Waals surface area contributed by atoms with Crippen LogP contribution in [0.3, 0.4) is 0 Å². The van der Waals surface area contributed by atoms with Crippen molar-refractivity contribution in [3.63, 3.8) is 0 Å². The van der Waals surface area contributed by atoms with Crippen molar-refractivity contribution in [1.82, 2.24) is 10.2 Å². The molecule has 1 fully saturated rings. The maximum atomic E-state index is 12.2. The average Bonchev–Trinajstić information content (AvgIpc) is 2.68. The largest absolute Gasteiger partial charge is 0.493 e. The lowest BCUT2D eigenvalue weighted by atomic mass is 10.1. The SMILES string of the molecule is COc1cc(C(C)NC(=O)CSCC(=O)N2CCOCC2)ccc1OC(C)C. The van der Waals surface area contributed by atoms with Crippen LogP contribution < -0.4 is 14.8 Å². The minimum absolute atomic E-state index is 0.0501. The van der Waals surface area contributed by atoms with Gasteiger partial charge in [-0.2, -0.15) is 0 Å². The highest BCUT2D eigenvalue weighted by molar-refractivity contribution is 8.00. The first kappa shape index (κ1) is 22.4. The summed E-state index contributed by atoms with van der Waals surface area (Å²) in [5.41, 5.74) is 0.927. The molecule has 0 spiro atoms. The van der Waals surface area contributed by atoms with E-state index in [1.54, 1.807) is 12.0 Å². The van der Waals surface area contributed by atoms with Crippen molar-refractivity contribution in [1.29, 1.82) is 0 Å². The van der Waals surface area contributed by atoms with E-state index in [-0.39, 0.29) is 29.7 Å². The number of hydrogen-bond acceptors (Lipinski definition) is 6. The molecule has 1 N–H and O–H groups in total. The number of methoxy groups -OCH3 is 1. The van der Waals surface area contributed by atoms with E-state index in [0.717, 1.165) is 5.56 Å². The molecular formula is C20H30N2O5S. The fourth-order valence-electron chi connectivity index (χ4n) is 2.81. The number of ether oxygens (including phenoxy) is 3. The second-order valence-electron chi connectivity index (χ2n) is 6.85. The first-order chi connectivity index (χ1) is 13.4. The molecular weight excluding hydrogens is 380 g/mol. The summed E-state index contributed by atoms with van der Waals surface area (Å²) in [6, 6.07) is 5.47. The number of nitrogens with zero attached hydrogens (tertiary/aromatic N) is 1. The summed E-state index contributed by atoms with van der Waals surface area (Å²) < 4.78 is 16.4. The minimum atomic E-state index is -0.176. The van der Waals surface area contributed by atoms with Gasteiger partial charge in [-0.15, -0.1) is 11.8 Å². The predicted octanol–water partition coefficient (Wildman–Crippen LogP) is 2.25. The highest BCUT2D eigenvalue weighted by Gasteiger charge is 2.18. The Balaban J connectivity index is 1.80. The summed E-state index contributed by atoms with van der Waals surface area (Å²) in [5, 5.41) is 2.96. The normalized spacial score (nSPS) is 15.2. The number of amides is 2. The second-order valence-corrected chi connectivity index (χ2v) is 7.84. The first-order valence-corrected chi connectivity index (χ1v) is 10.6. The molecule has 0 saturated carbocycles. The van der Waals surface area contributed by atoms with Crippen molar-refractivity contribution in [2.24, 2.45) is 0 Å². The molecule has 1 saturated heterocycles. The van der Waals surface area contributed by atoms with Gasteiger partial charge in [0, 0.05) is 13.1 Å². The van der Waals surface area contributed by atoms with Crippen LogP contribution in [0.5, 0.6) is 11.5 Å². The molecule has 0 bridgehead atoms. The second kappa shape index (κ2) is 11.2. The molecule has 2 amide bonds. The van der Waals surface area contributed by atoms with Crippen LogP contribution in [0.2, 0.25) is 0 Å². The number of carbonyl (C=O) groups is 2. The van der Waals surface area contributed by atoms with E-state index in [1.165, 1.54) is 11.8 Å². The van der Waals surface area contributed by atoms with Gasteiger partial charge in [0.1, 0.15) is 0 Å². The van der Waals surface area contributed by atoms with Gasteiger partial charge in [-0.3, -0.25) is 9.59 Å². The molecule has 1 aliphatic heterocycles. The molecule has 0 aliphatic carbocycles. The van der Waals surface area contributed by atoms with Crippen LogP contribution in [0.25, 0.3) is 0 Å². The summed E-state index contributed by atoms with van der Waals surface area (Å²) >= 11 is 1.33. The maximum Gasteiger partial charge on any atom is 0.232 e. The van der Waals surface area contributed by atoms with Crippen molar-refractivity contribution in [2.75, 3.05) is 44.9 Å². The summed E-state index contributed by atoms with van der Waals surface area (Å²) in [6.07, 6.45) is 0.0501. The Bertz CT molecular complexity index is 662. The third kappa shape index (κ3) is 6.91. The Morgan fingerprint density at radius 2 is 1.89 bits per heavy atom. The molecule has 1 heterocycles. The van der Waals surface area contributed by atoms with Crippen LogP contribution in [0, 0.1) is 0 Å². The lowest BCUT2D eigenvalue weighted by Crippen LogP contribution is -2.41. The quantitative estimate of drug-likeness (QED) is 0.673. The zero-order valence-corrected chi connectivity index (χ0v) is 17.8. The zero-order valence-electron chi connectivity index (χ0n) is 17.0. The fourth-order valence-corrected chi connectivity index (χ4v) is 3.53. The Kier molecular flexibility index (Phi) is 8.92. The van der Waals surface area contributed by atoms with Gasteiger partial charge in [0.25, 0.3) is 0 Å². The molecule has 8 heteroatoms. The van der Waals surface area contributed by atoms with Crippen LogP contribution in [0.15, 0.2) is 18.2 Å². The predicted molar refractivity (Wildman–Crippen MR) is 110 cm³/mol. The molecule has 1 atom stereocenters. The monoisotopic (exact) mass is 410 g/mol. The summed E-state index contributed by atoms with van der Waals surface area (Å²) in [5.74, 6) is 1.81. The zero-order chi connectivity index (χ0) is 20.5. The van der Waals surface area contributed by atoms with E-state index in [0.29, 0.717) is 43.6 Å². The van der Waals surface area contributed by atoms with E-state index in [9.17, 15) is 9.59 Å². The molecule has 1 aromatic carbocycles. The Morgan fingerprint density at radius 1 is 1.18 bits per heavy atom. The maximum absolute atomic E-state index is 12.2. The molecule has 156 valence electrons. The van der Waals surface area contributed by atoms with E-state index in [4.69, 9.17) is 14.2 Å². The molecule has 2 rings (SSSR count). The highest BCUT2D eigenvalue weighted by Crippen LogP contribution is 2.31. The van der Waals surface area contributed by atoms with Crippen LogP contribution in [-0.4, -0.2) is 67.7 Å². The summed E-state index contributed by atoms with van der Waals surface area (Å²) in [6.45, 7) is 8.24. The third-order valence-electron chi connectivity index (χ3n) is 4.25. The molecule has 0 aromatic heterocycles. The molecule has 7 nitrogen and oxygen atoms in total. The van der Waals surface area contributed by atoms with E-state index < -0.39 is 0 Å². The lowest BCUT2D eigenvalue weighted by molar-refractivity contribution is -0.132. The Hall–Kier alpha value is -1.93. The van der Waals surface area contributed by atoms with Gasteiger partial charge in [0.2, 0.25) is 11.8 Å². The number of morpholine rings is 1. The number of benzene rings is 1. The van der Waals surface area contributed by atoms with E-state index in [1.807, 2.05) is 39.0 Å². The standard InChI is InChI=1S/C20H30N2O5S/c1-14(2)27-17-6-5-16(11-18(17)25-4)15(3)21-19(23)12-28-13-20(24)22-7-9-26-10-8-22/h5-6,11,14-15H,7-10,12-13H2,1-4H3,(H,21,23). The lowest BCUT2D eigenvalue weighted by Gasteiger charge is -2.26. The molecule has 1 aliphatic rings. The van der Waals surface area contributed by atoms with Crippen molar-refractivity contribution >= 4 is 23.6 Å². The van der Waals surface area contributed by atoms with Gasteiger partial charge in [-0.05, 0) is 38.5 Å². The Labute approximate surface area is 171 Å². The van der Waals surface area contributed by atoms with Gasteiger partial charge >= 0.3 is 0 Å². The first-order valence-electron chi connectivity index (χ1n) is 9.48. The number of carbonyl (C=O) groups excluding carboxylic acids is 2. The van der Waals surface area contributed by atoms with Crippen LogP contribution in [0.4, 0.5) is 0 Å². The van der Waals surface area contributed by atoms with Gasteiger partial charge in [0.15, 0.2) is 11.5 Å². The van der Waals surface area contributed by atoms with Gasteiger partial charge in [-0.25, -0.2) is 0 Å². The number of rotatable bonds is 9. The topological polar surface area (TPSA) is 77.1 Å². The van der Waals surface area contributed by atoms with Gasteiger partial charge in [0.05, 0.1) is 44.0 Å². The molecule has 0 radical (unpaired) electrons. The number of hydrogen-bond donors (Lipinski definition) is 1. The minimum Gasteiger partial charge on any atom is -0.493 e. The summed E-state index contributed by atoms with van der Waals surface area (Å²) in [7, 11) is 1.59. The van der Waals surface area contributed by atoms with Crippen molar-refractivity contribution in [2.45, 2.75) is 32.9 Å². The van der Waals surface area contributed by atoms with Crippen molar-refractivity contribution in [3.05, 3.63) is 23.8 Å². The van der Waals surface area contributed by atoms with Crippen molar-refractivity contribution < 1.29 is 23.8 Å². The highest BCUT2D eigenvalue weighted by atomic mass is 32.2. The molecule has 1 unspecified atom stereocenters. The van der Waals surface area contributed by atoms with Crippen molar-refractivity contribution in [3.8, 4) is 11.5 Å². The van der Waals surface area contributed by atoms with Gasteiger partial charge in [-0.1, -0.05) is 6.07 Å². The van der Waals surface area contributed by atoms with E-state index in [2.05, 4.69) is 5.32 Å². The van der Waals surface area contributed by atoms with Crippen LogP contribution >= 0.6 is 11.8 Å². The number of thioether (sulfide) groups is 1. The molecule has 1 aromatic rings. The summed E-state index contributed by atoms with van der Waals surface area (Å²) in [4.78, 5) is 26.1. The third-order valence-corrected chi connectivity index (χ3v) is 5.17. The fraction of sp³-hybridized carbons (Fsp3) is 0.600. The van der Waals surface area contributed by atoms with Gasteiger partial charge < -0.3 is 24.4 Å². The Morgan fingerprint density at radius 3 is 2.54 bits per heavy atom. The number of nitrogens with one attached hydrogen (secondary N) is 1. The van der Waals surface area contributed by atoms with Crippen LogP contribution in [-0.2, 0) is 14.3 Å². The van der Waals surface area contributed by atoms with E-state index >= 15 is 0 Å².